The van der Waals surface area contributed by atoms with E-state index in [0.717, 1.165) is 70.9 Å². The number of piperidine rings is 1. The molecule has 4 fully saturated rings. The van der Waals surface area contributed by atoms with Crippen LogP contribution >= 0.6 is 0 Å². The van der Waals surface area contributed by atoms with E-state index >= 15 is 0 Å². The van der Waals surface area contributed by atoms with Gasteiger partial charge in [0, 0.05) is 45.2 Å². The molecule has 2 atom stereocenters. The molecule has 0 aromatic heterocycles. The third kappa shape index (κ3) is 3.72. The first-order chi connectivity index (χ1) is 11.2. The molecule has 4 aliphatic rings. The molecule has 3 heterocycles. The Morgan fingerprint density at radius 1 is 1.22 bits per heavy atom. The monoisotopic (exact) mass is 323 g/mol. The average molecular weight is 323 g/mol. The topological polar surface area (TPSA) is 48.0 Å². The summed E-state index contributed by atoms with van der Waals surface area (Å²) in [7, 11) is 0. The molecule has 4 rings (SSSR count). The third-order valence-corrected chi connectivity index (χ3v) is 5.86. The largest absolute Gasteiger partial charge is 0.381 e. The highest BCUT2D eigenvalue weighted by molar-refractivity contribution is 5.79. The van der Waals surface area contributed by atoms with Crippen molar-refractivity contribution in [2.75, 3.05) is 39.5 Å². The number of amides is 1. The molecular weight excluding hydrogens is 294 g/mol. The van der Waals surface area contributed by atoms with Crippen molar-refractivity contribution in [2.24, 2.45) is 11.8 Å². The zero-order valence-electron chi connectivity index (χ0n) is 14.0. The summed E-state index contributed by atoms with van der Waals surface area (Å²) < 4.78 is 17.6. The van der Waals surface area contributed by atoms with E-state index in [2.05, 4.69) is 4.90 Å². The van der Waals surface area contributed by atoms with Crippen LogP contribution in [0, 0.1) is 11.8 Å². The SMILES string of the molecule is O=C(C1CCOCC1)N1CCC[C@]2(C[C@H](OCC3CC3)CO2)C1. The molecule has 1 saturated carbocycles. The number of likely N-dealkylation sites (tertiary alicyclic amines) is 1. The number of hydrogen-bond acceptors (Lipinski definition) is 4. The van der Waals surface area contributed by atoms with Crippen molar-refractivity contribution in [3.05, 3.63) is 0 Å². The standard InChI is InChI=1S/C18H29NO4/c20-17(15-4-8-21-9-5-15)19-7-1-6-18(13-19)10-16(12-23-18)22-11-14-2-3-14/h14-16H,1-13H2/t16-,18-/m0/s1. The summed E-state index contributed by atoms with van der Waals surface area (Å²) in [6, 6.07) is 0. The summed E-state index contributed by atoms with van der Waals surface area (Å²) in [5.41, 5.74) is -0.146. The molecule has 3 saturated heterocycles. The highest BCUT2D eigenvalue weighted by Crippen LogP contribution is 2.38. The predicted octanol–water partition coefficient (Wildman–Crippen LogP) is 1.99. The average Bonchev–Trinajstić information content (AvgIpc) is 3.35. The number of ether oxygens (including phenoxy) is 3. The first-order valence-corrected chi connectivity index (χ1v) is 9.36. The Hall–Kier alpha value is -0.650. The summed E-state index contributed by atoms with van der Waals surface area (Å²) in [5.74, 6) is 1.27. The smallest absolute Gasteiger partial charge is 0.225 e. The lowest BCUT2D eigenvalue weighted by Gasteiger charge is -2.41. The van der Waals surface area contributed by atoms with Crippen molar-refractivity contribution in [3.63, 3.8) is 0 Å². The lowest BCUT2D eigenvalue weighted by atomic mass is 9.88. The molecule has 1 spiro atoms. The molecule has 0 aromatic carbocycles. The minimum Gasteiger partial charge on any atom is -0.381 e. The Balaban J connectivity index is 1.32. The molecule has 0 N–H and O–H groups in total. The van der Waals surface area contributed by atoms with Crippen LogP contribution in [0.3, 0.4) is 0 Å². The van der Waals surface area contributed by atoms with Crippen LogP contribution in [-0.4, -0.2) is 62.0 Å². The molecule has 0 radical (unpaired) electrons. The second-order valence-corrected chi connectivity index (χ2v) is 7.85. The highest BCUT2D eigenvalue weighted by atomic mass is 16.6. The van der Waals surface area contributed by atoms with Crippen LogP contribution in [0.25, 0.3) is 0 Å². The van der Waals surface area contributed by atoms with Gasteiger partial charge >= 0.3 is 0 Å². The second kappa shape index (κ2) is 6.69. The quantitative estimate of drug-likeness (QED) is 0.794. The van der Waals surface area contributed by atoms with E-state index in [1.807, 2.05) is 0 Å². The van der Waals surface area contributed by atoms with E-state index < -0.39 is 0 Å². The minimum absolute atomic E-state index is 0.146. The fourth-order valence-corrected chi connectivity index (χ4v) is 4.24. The summed E-state index contributed by atoms with van der Waals surface area (Å²) in [5, 5.41) is 0. The number of carbonyl (C=O) groups excluding carboxylic acids is 1. The van der Waals surface area contributed by atoms with Crippen molar-refractivity contribution >= 4 is 5.91 Å². The van der Waals surface area contributed by atoms with Gasteiger partial charge in [-0.2, -0.15) is 0 Å². The maximum absolute atomic E-state index is 12.8. The number of hydrogen-bond donors (Lipinski definition) is 0. The molecule has 5 heteroatoms. The highest BCUT2D eigenvalue weighted by Gasteiger charge is 2.45. The van der Waals surface area contributed by atoms with Gasteiger partial charge in [0.2, 0.25) is 5.91 Å². The molecule has 5 nitrogen and oxygen atoms in total. The molecule has 0 bridgehead atoms. The molecule has 0 aromatic rings. The van der Waals surface area contributed by atoms with Crippen molar-refractivity contribution in [1.82, 2.24) is 4.90 Å². The lowest BCUT2D eigenvalue weighted by Crippen LogP contribution is -2.52. The Labute approximate surface area is 138 Å². The zero-order valence-corrected chi connectivity index (χ0v) is 14.0. The summed E-state index contributed by atoms with van der Waals surface area (Å²) in [4.78, 5) is 14.8. The molecule has 130 valence electrons. The van der Waals surface area contributed by atoms with Crippen LogP contribution in [0.1, 0.15) is 44.9 Å². The summed E-state index contributed by atoms with van der Waals surface area (Å²) in [6.07, 6.45) is 7.69. The van der Waals surface area contributed by atoms with Gasteiger partial charge in [-0.1, -0.05) is 0 Å². The van der Waals surface area contributed by atoms with Gasteiger partial charge in [-0.05, 0) is 44.4 Å². The van der Waals surface area contributed by atoms with Crippen molar-refractivity contribution in [3.8, 4) is 0 Å². The van der Waals surface area contributed by atoms with Gasteiger partial charge in [-0.25, -0.2) is 0 Å². The van der Waals surface area contributed by atoms with E-state index in [9.17, 15) is 4.79 Å². The molecule has 1 amide bonds. The van der Waals surface area contributed by atoms with Crippen LogP contribution < -0.4 is 0 Å². The fraction of sp³-hybridized carbons (Fsp3) is 0.944. The van der Waals surface area contributed by atoms with E-state index in [0.29, 0.717) is 12.5 Å². The maximum Gasteiger partial charge on any atom is 0.225 e. The van der Waals surface area contributed by atoms with Gasteiger partial charge in [-0.15, -0.1) is 0 Å². The van der Waals surface area contributed by atoms with Crippen molar-refractivity contribution in [2.45, 2.75) is 56.7 Å². The van der Waals surface area contributed by atoms with Crippen LogP contribution in [0.5, 0.6) is 0 Å². The zero-order chi connectivity index (χ0) is 15.7. The molecule has 3 aliphatic heterocycles. The predicted molar refractivity (Wildman–Crippen MR) is 85.1 cm³/mol. The van der Waals surface area contributed by atoms with Crippen LogP contribution in [-0.2, 0) is 19.0 Å². The van der Waals surface area contributed by atoms with Crippen LogP contribution in [0.4, 0.5) is 0 Å². The van der Waals surface area contributed by atoms with Gasteiger partial charge < -0.3 is 19.1 Å². The van der Waals surface area contributed by atoms with E-state index in [1.54, 1.807) is 0 Å². The first kappa shape index (κ1) is 15.9. The molecule has 0 unspecified atom stereocenters. The van der Waals surface area contributed by atoms with Gasteiger partial charge in [-0.3, -0.25) is 4.79 Å². The van der Waals surface area contributed by atoms with Gasteiger partial charge in [0.25, 0.3) is 0 Å². The number of nitrogens with zero attached hydrogens (tertiary/aromatic N) is 1. The molecule has 23 heavy (non-hydrogen) atoms. The Morgan fingerprint density at radius 2 is 2.04 bits per heavy atom. The molecular formula is C18H29NO4. The van der Waals surface area contributed by atoms with Gasteiger partial charge in [0.1, 0.15) is 0 Å². The van der Waals surface area contributed by atoms with Gasteiger partial charge in [0.05, 0.1) is 18.3 Å². The Bertz CT molecular complexity index is 433. The number of rotatable bonds is 4. The van der Waals surface area contributed by atoms with Crippen molar-refractivity contribution < 1.29 is 19.0 Å². The van der Waals surface area contributed by atoms with Crippen molar-refractivity contribution in [1.29, 1.82) is 0 Å². The van der Waals surface area contributed by atoms with E-state index in [-0.39, 0.29) is 17.6 Å². The molecule has 1 aliphatic carbocycles. The Morgan fingerprint density at radius 3 is 2.83 bits per heavy atom. The van der Waals surface area contributed by atoms with Gasteiger partial charge in [0.15, 0.2) is 0 Å². The van der Waals surface area contributed by atoms with E-state index in [1.165, 1.54) is 12.8 Å². The summed E-state index contributed by atoms with van der Waals surface area (Å²) in [6.45, 7) is 4.69. The normalized spacial score (nSPS) is 35.8. The fourth-order valence-electron chi connectivity index (χ4n) is 4.24. The lowest BCUT2D eigenvalue weighted by molar-refractivity contribution is -0.146. The first-order valence-electron chi connectivity index (χ1n) is 9.36. The second-order valence-electron chi connectivity index (χ2n) is 7.85. The number of carbonyl (C=O) groups is 1. The van der Waals surface area contributed by atoms with Crippen LogP contribution in [0.15, 0.2) is 0 Å². The third-order valence-electron chi connectivity index (χ3n) is 5.86. The minimum atomic E-state index is -0.146. The van der Waals surface area contributed by atoms with E-state index in [4.69, 9.17) is 14.2 Å². The summed E-state index contributed by atoms with van der Waals surface area (Å²) >= 11 is 0. The Kier molecular flexibility index (Phi) is 4.61. The van der Waals surface area contributed by atoms with Crippen LogP contribution in [0.2, 0.25) is 0 Å². The maximum atomic E-state index is 12.8.